The number of amides is 1. The number of carbonyl (C=O) groups is 1. The number of hydrogen-bond donors (Lipinski definition) is 2. The lowest BCUT2D eigenvalue weighted by atomic mass is 10.1. The van der Waals surface area contributed by atoms with Gasteiger partial charge in [0.1, 0.15) is 6.09 Å². The van der Waals surface area contributed by atoms with E-state index < -0.39 is 6.09 Å². The molecule has 0 aromatic heterocycles. The number of carboxylic acid groups (broad SMARTS) is 1. The summed E-state index contributed by atoms with van der Waals surface area (Å²) in [5.74, 6) is 0. The van der Waals surface area contributed by atoms with Crippen LogP contribution in [-0.2, 0) is 0 Å². The van der Waals surface area contributed by atoms with Crippen molar-refractivity contribution in [2.24, 2.45) is 5.73 Å². The average molecular weight is 299 g/mol. The number of quaternary nitrogens is 1. The molecule has 1 amide bonds. The molecule has 0 aliphatic rings. The third kappa shape index (κ3) is 38.1. The molecule has 118 valence electrons. The maximum Gasteiger partial charge on any atom is 0.131 e. The van der Waals surface area contributed by atoms with Crippen molar-refractivity contribution in [1.29, 1.82) is 0 Å². The molecule has 0 radical (unpaired) electrons. The third-order valence-corrected chi connectivity index (χ3v) is 2.49. The fraction of sp³-hybridized carbons (Fsp3) is 0.923. The smallest absolute Gasteiger partial charge is 0.131 e. The molecular formula is C13H31ClN2O3. The van der Waals surface area contributed by atoms with Crippen LogP contribution in [0.15, 0.2) is 0 Å². The highest BCUT2D eigenvalue weighted by atomic mass is 35.5. The van der Waals surface area contributed by atoms with Gasteiger partial charge in [-0.25, -0.2) is 0 Å². The van der Waals surface area contributed by atoms with Gasteiger partial charge < -0.3 is 25.2 Å². The van der Waals surface area contributed by atoms with E-state index in [9.17, 15) is 0 Å². The summed E-state index contributed by atoms with van der Waals surface area (Å²) in [4.78, 5) is 8.67. The van der Waals surface area contributed by atoms with Crippen LogP contribution >= 0.6 is 12.4 Å². The Morgan fingerprint density at radius 3 is 1.63 bits per heavy atom. The van der Waals surface area contributed by atoms with E-state index in [1.165, 1.54) is 45.1 Å². The molecule has 0 spiro atoms. The molecule has 6 heteroatoms. The fourth-order valence-corrected chi connectivity index (χ4v) is 1.58. The van der Waals surface area contributed by atoms with Crippen molar-refractivity contribution in [2.75, 3.05) is 34.3 Å². The van der Waals surface area contributed by atoms with Crippen LogP contribution in [0.3, 0.4) is 0 Å². The first-order chi connectivity index (χ1) is 8.29. The predicted molar refractivity (Wildman–Crippen MR) is 79.1 cm³/mol. The second-order valence-electron chi connectivity index (χ2n) is 5.53. The SMILES string of the molecule is C[N+](C)(C)CCCCCCCCCO.Cl.NC(=O)[O-]. The summed E-state index contributed by atoms with van der Waals surface area (Å²) in [7, 11) is 6.75. The van der Waals surface area contributed by atoms with Gasteiger partial charge in [0, 0.05) is 6.61 Å². The topological polar surface area (TPSA) is 86.4 Å². The predicted octanol–water partition coefficient (Wildman–Crippen LogP) is 1.13. The summed E-state index contributed by atoms with van der Waals surface area (Å²) >= 11 is 0. The molecule has 0 rings (SSSR count). The quantitative estimate of drug-likeness (QED) is 0.494. The van der Waals surface area contributed by atoms with Gasteiger partial charge in [-0.2, -0.15) is 0 Å². The molecule has 0 saturated heterocycles. The Kier molecular flexibility index (Phi) is 19.3. The number of nitrogens with zero attached hydrogens (tertiary/aromatic N) is 1. The van der Waals surface area contributed by atoms with Crippen molar-refractivity contribution in [3.8, 4) is 0 Å². The molecule has 0 aromatic rings. The molecule has 0 heterocycles. The zero-order valence-electron chi connectivity index (χ0n) is 12.6. The Balaban J connectivity index is -0.000000448. The van der Waals surface area contributed by atoms with E-state index in [1.807, 2.05) is 0 Å². The molecule has 5 nitrogen and oxygen atoms in total. The lowest BCUT2D eigenvalue weighted by Crippen LogP contribution is -2.35. The van der Waals surface area contributed by atoms with Gasteiger partial charge in [-0.3, -0.25) is 0 Å². The van der Waals surface area contributed by atoms with Crippen molar-refractivity contribution in [3.05, 3.63) is 0 Å². The highest BCUT2D eigenvalue weighted by Gasteiger charge is 2.04. The summed E-state index contributed by atoms with van der Waals surface area (Å²) in [6.45, 7) is 1.65. The molecule has 0 aliphatic carbocycles. The molecule has 19 heavy (non-hydrogen) atoms. The zero-order valence-corrected chi connectivity index (χ0v) is 13.4. The molecule has 0 aromatic carbocycles. The summed E-state index contributed by atoms with van der Waals surface area (Å²) in [5.41, 5.74) is 3.92. The zero-order chi connectivity index (χ0) is 14.4. The van der Waals surface area contributed by atoms with E-state index in [1.54, 1.807) is 0 Å². The van der Waals surface area contributed by atoms with Gasteiger partial charge in [0.25, 0.3) is 0 Å². The molecule has 0 saturated carbocycles. The number of carbonyl (C=O) groups excluding carboxylic acids is 1. The van der Waals surface area contributed by atoms with Gasteiger partial charge in [0.2, 0.25) is 0 Å². The van der Waals surface area contributed by atoms with Crippen molar-refractivity contribution in [1.82, 2.24) is 0 Å². The van der Waals surface area contributed by atoms with E-state index in [-0.39, 0.29) is 12.4 Å². The maximum absolute atomic E-state index is 8.67. The van der Waals surface area contributed by atoms with Crippen LogP contribution in [0.25, 0.3) is 0 Å². The van der Waals surface area contributed by atoms with Gasteiger partial charge in [0.15, 0.2) is 0 Å². The van der Waals surface area contributed by atoms with Crippen LogP contribution in [0.5, 0.6) is 0 Å². The Bertz CT molecular complexity index is 193. The molecule has 0 unspecified atom stereocenters. The van der Waals surface area contributed by atoms with Gasteiger partial charge in [-0.15, -0.1) is 12.4 Å². The van der Waals surface area contributed by atoms with Crippen molar-refractivity contribution in [2.45, 2.75) is 44.9 Å². The first-order valence-corrected chi connectivity index (χ1v) is 6.67. The number of halogens is 1. The van der Waals surface area contributed by atoms with Gasteiger partial charge >= 0.3 is 0 Å². The van der Waals surface area contributed by atoms with E-state index in [4.69, 9.17) is 15.0 Å². The second-order valence-corrected chi connectivity index (χ2v) is 5.53. The number of aliphatic hydroxyl groups excluding tert-OH is 1. The highest BCUT2D eigenvalue weighted by Crippen LogP contribution is 2.08. The van der Waals surface area contributed by atoms with Crippen molar-refractivity contribution >= 4 is 18.5 Å². The monoisotopic (exact) mass is 298 g/mol. The Morgan fingerprint density at radius 1 is 1.00 bits per heavy atom. The minimum absolute atomic E-state index is 0. The number of primary amides is 1. The normalized spacial score (nSPS) is 10.1. The second kappa shape index (κ2) is 15.5. The molecular weight excluding hydrogens is 268 g/mol. The third-order valence-electron chi connectivity index (χ3n) is 2.49. The summed E-state index contributed by atoms with van der Waals surface area (Å²) in [5, 5.41) is 17.3. The molecule has 0 aliphatic heterocycles. The van der Waals surface area contributed by atoms with E-state index in [2.05, 4.69) is 26.9 Å². The van der Waals surface area contributed by atoms with Crippen LogP contribution in [0.1, 0.15) is 44.9 Å². The lowest BCUT2D eigenvalue weighted by Gasteiger charge is -2.23. The Labute approximate surface area is 123 Å². The summed E-state index contributed by atoms with van der Waals surface area (Å²) in [6.07, 6.45) is 7.33. The van der Waals surface area contributed by atoms with E-state index in [0.29, 0.717) is 6.61 Å². The van der Waals surface area contributed by atoms with Crippen molar-refractivity contribution < 1.29 is 19.5 Å². The molecule has 0 bridgehead atoms. The fourth-order valence-electron chi connectivity index (χ4n) is 1.58. The van der Waals surface area contributed by atoms with Crippen LogP contribution in [-0.4, -0.2) is 50.0 Å². The maximum atomic E-state index is 8.67. The standard InChI is InChI=1S/C12H28NO.CH3NO2.ClH/c1-13(2,3)11-9-7-5-4-6-8-10-12-14;2-1(3)4;/h14H,4-12H2,1-3H3;2H2,(H,3,4);1H/q+1;;/p-1. The number of nitrogens with two attached hydrogens (primary N) is 1. The van der Waals surface area contributed by atoms with Crippen molar-refractivity contribution in [3.63, 3.8) is 0 Å². The minimum Gasteiger partial charge on any atom is -0.530 e. The Morgan fingerprint density at radius 2 is 1.32 bits per heavy atom. The van der Waals surface area contributed by atoms with Gasteiger partial charge in [-0.1, -0.05) is 25.7 Å². The number of unbranched alkanes of at least 4 members (excludes halogenated alkanes) is 6. The first-order valence-electron chi connectivity index (χ1n) is 6.67. The summed E-state index contributed by atoms with van der Waals surface area (Å²) < 4.78 is 1.09. The largest absolute Gasteiger partial charge is 0.530 e. The van der Waals surface area contributed by atoms with Crippen LogP contribution in [0.4, 0.5) is 4.79 Å². The molecule has 0 atom stereocenters. The Hall–Kier alpha value is -0.520. The average Bonchev–Trinajstić information content (AvgIpc) is 2.19. The van der Waals surface area contributed by atoms with Crippen LogP contribution < -0.4 is 10.8 Å². The van der Waals surface area contributed by atoms with Gasteiger partial charge in [0.05, 0.1) is 27.7 Å². The number of hydrogen-bond acceptors (Lipinski definition) is 3. The number of rotatable bonds is 9. The molecule has 0 fully saturated rings. The lowest BCUT2D eigenvalue weighted by molar-refractivity contribution is -0.870. The van der Waals surface area contributed by atoms with Gasteiger partial charge in [-0.05, 0) is 19.3 Å². The minimum atomic E-state index is -1.58. The van der Waals surface area contributed by atoms with Crippen LogP contribution in [0.2, 0.25) is 0 Å². The first kappa shape index (κ1) is 23.6. The van der Waals surface area contributed by atoms with Crippen LogP contribution in [0, 0.1) is 0 Å². The highest BCUT2D eigenvalue weighted by molar-refractivity contribution is 5.85. The number of aliphatic hydroxyl groups is 1. The van der Waals surface area contributed by atoms with E-state index >= 15 is 0 Å². The molecule has 3 N–H and O–H groups in total. The van der Waals surface area contributed by atoms with E-state index in [0.717, 1.165) is 10.9 Å². The summed E-state index contributed by atoms with van der Waals surface area (Å²) in [6, 6.07) is 0.